The fraction of sp³-hybridized carbons (Fsp3) is 0. The van der Waals surface area contributed by atoms with Gasteiger partial charge in [0, 0.05) is 23.5 Å². The minimum atomic E-state index is 0.225. The van der Waals surface area contributed by atoms with E-state index in [1.807, 2.05) is 48.5 Å². The van der Waals surface area contributed by atoms with Gasteiger partial charge >= 0.3 is 0 Å². The lowest BCUT2D eigenvalue weighted by molar-refractivity contribution is 1.17. The average molecular weight is 344 g/mol. The second kappa shape index (κ2) is 6.83. The fourth-order valence-corrected chi connectivity index (χ4v) is 2.87. The van der Waals surface area contributed by atoms with Crippen LogP contribution in [0.15, 0.2) is 85.2 Å². The molecule has 0 aliphatic heterocycles. The van der Waals surface area contributed by atoms with E-state index in [1.165, 1.54) is 5.56 Å². The van der Waals surface area contributed by atoms with Crippen LogP contribution in [-0.2, 0) is 0 Å². The van der Waals surface area contributed by atoms with Crippen molar-refractivity contribution in [3.05, 3.63) is 90.5 Å². The topological polar surface area (TPSA) is 38.7 Å². The molecule has 3 nitrogen and oxygen atoms in total. The third-order valence-electron chi connectivity index (χ3n) is 3.94. The number of hydrogen-bond donors (Lipinski definition) is 0. The summed E-state index contributed by atoms with van der Waals surface area (Å²) >= 11 is 6.13. The zero-order valence-electron chi connectivity index (χ0n) is 13.3. The van der Waals surface area contributed by atoms with Crippen LogP contribution in [0.2, 0.25) is 5.28 Å². The Balaban J connectivity index is 1.71. The normalized spacial score (nSPS) is 10.6. The van der Waals surface area contributed by atoms with E-state index in [4.69, 9.17) is 11.6 Å². The van der Waals surface area contributed by atoms with Crippen molar-refractivity contribution in [1.82, 2.24) is 15.0 Å². The van der Waals surface area contributed by atoms with Crippen molar-refractivity contribution in [1.29, 1.82) is 0 Å². The van der Waals surface area contributed by atoms with Gasteiger partial charge in [0.15, 0.2) is 0 Å². The van der Waals surface area contributed by atoms with Crippen LogP contribution in [0.1, 0.15) is 0 Å². The van der Waals surface area contributed by atoms with Gasteiger partial charge in [-0.05, 0) is 40.9 Å². The predicted molar refractivity (Wildman–Crippen MR) is 101 cm³/mol. The van der Waals surface area contributed by atoms with Gasteiger partial charge in [-0.25, -0.2) is 9.97 Å². The van der Waals surface area contributed by atoms with Crippen molar-refractivity contribution in [2.45, 2.75) is 0 Å². The zero-order valence-corrected chi connectivity index (χ0v) is 14.1. The lowest BCUT2D eigenvalue weighted by Gasteiger charge is -2.07. The van der Waals surface area contributed by atoms with E-state index in [0.29, 0.717) is 0 Å². The molecule has 0 amide bonds. The molecule has 0 fully saturated rings. The summed E-state index contributed by atoms with van der Waals surface area (Å²) in [6.45, 7) is 0. The van der Waals surface area contributed by atoms with E-state index in [0.717, 1.165) is 28.1 Å². The van der Waals surface area contributed by atoms with Crippen molar-refractivity contribution in [3.63, 3.8) is 0 Å². The third kappa shape index (κ3) is 3.42. The molecule has 4 rings (SSSR count). The van der Waals surface area contributed by atoms with E-state index >= 15 is 0 Å². The quantitative estimate of drug-likeness (QED) is 0.459. The van der Waals surface area contributed by atoms with Crippen LogP contribution in [0.3, 0.4) is 0 Å². The smallest absolute Gasteiger partial charge is 0.223 e. The molecule has 2 aromatic heterocycles. The van der Waals surface area contributed by atoms with Crippen molar-refractivity contribution in [2.75, 3.05) is 0 Å². The van der Waals surface area contributed by atoms with Gasteiger partial charge in [-0.15, -0.1) is 0 Å². The monoisotopic (exact) mass is 343 g/mol. The summed E-state index contributed by atoms with van der Waals surface area (Å²) in [6.07, 6.45) is 3.50. The maximum absolute atomic E-state index is 6.13. The number of benzene rings is 2. The fourth-order valence-electron chi connectivity index (χ4n) is 2.69. The molecule has 4 heteroatoms. The molecule has 2 aromatic carbocycles. The van der Waals surface area contributed by atoms with E-state index in [2.05, 4.69) is 39.2 Å². The highest BCUT2D eigenvalue weighted by Gasteiger charge is 2.08. The zero-order chi connectivity index (χ0) is 17.1. The highest BCUT2D eigenvalue weighted by molar-refractivity contribution is 6.28. The Morgan fingerprint density at radius 3 is 1.88 bits per heavy atom. The van der Waals surface area contributed by atoms with Crippen LogP contribution in [-0.4, -0.2) is 15.0 Å². The van der Waals surface area contributed by atoms with Gasteiger partial charge in [-0.2, -0.15) is 0 Å². The van der Waals surface area contributed by atoms with E-state index in [-0.39, 0.29) is 5.28 Å². The van der Waals surface area contributed by atoms with Crippen LogP contribution in [0.4, 0.5) is 0 Å². The maximum Gasteiger partial charge on any atom is 0.223 e. The number of aromatic nitrogens is 3. The molecule has 4 aromatic rings. The first-order valence-corrected chi connectivity index (χ1v) is 8.28. The number of halogens is 1. The highest BCUT2D eigenvalue weighted by Crippen LogP contribution is 2.27. The third-order valence-corrected chi connectivity index (χ3v) is 4.11. The van der Waals surface area contributed by atoms with Gasteiger partial charge < -0.3 is 0 Å². The van der Waals surface area contributed by atoms with E-state index in [9.17, 15) is 0 Å². The second-order valence-electron chi connectivity index (χ2n) is 5.59. The Hall–Kier alpha value is -3.04. The van der Waals surface area contributed by atoms with Gasteiger partial charge in [0.25, 0.3) is 0 Å². The van der Waals surface area contributed by atoms with Crippen molar-refractivity contribution in [2.24, 2.45) is 0 Å². The SMILES string of the molecule is Clc1nc(-c2ccc(-c3ccccc3)cc2)cc(-c2cccnc2)n1. The Morgan fingerprint density at radius 1 is 0.600 bits per heavy atom. The molecule has 0 aliphatic rings. The Labute approximate surface area is 151 Å². The van der Waals surface area contributed by atoms with Crippen molar-refractivity contribution in [3.8, 4) is 33.6 Å². The largest absolute Gasteiger partial charge is 0.264 e. The summed E-state index contributed by atoms with van der Waals surface area (Å²) in [4.78, 5) is 12.8. The summed E-state index contributed by atoms with van der Waals surface area (Å²) in [5.41, 5.74) is 5.81. The molecule has 25 heavy (non-hydrogen) atoms. The number of hydrogen-bond acceptors (Lipinski definition) is 3. The molecule has 2 heterocycles. The van der Waals surface area contributed by atoms with Gasteiger partial charge in [-0.1, -0.05) is 54.6 Å². The molecule has 0 aliphatic carbocycles. The van der Waals surface area contributed by atoms with Crippen LogP contribution < -0.4 is 0 Å². The molecule has 0 saturated heterocycles. The Morgan fingerprint density at radius 2 is 1.20 bits per heavy atom. The summed E-state index contributed by atoms with van der Waals surface area (Å²) in [5, 5.41) is 0.225. The number of pyridine rings is 1. The molecule has 120 valence electrons. The molecule has 0 atom stereocenters. The van der Waals surface area contributed by atoms with Gasteiger partial charge in [0.05, 0.1) is 11.4 Å². The minimum Gasteiger partial charge on any atom is -0.264 e. The Bertz CT molecular complexity index is 985. The van der Waals surface area contributed by atoms with E-state index < -0.39 is 0 Å². The lowest BCUT2D eigenvalue weighted by atomic mass is 10.0. The van der Waals surface area contributed by atoms with Gasteiger partial charge in [-0.3, -0.25) is 4.98 Å². The first-order valence-electron chi connectivity index (χ1n) is 7.90. The lowest BCUT2D eigenvalue weighted by Crippen LogP contribution is -1.92. The maximum atomic E-state index is 6.13. The number of rotatable bonds is 3. The van der Waals surface area contributed by atoms with E-state index in [1.54, 1.807) is 12.4 Å². The summed E-state index contributed by atoms with van der Waals surface area (Å²) in [6, 6.07) is 24.3. The van der Waals surface area contributed by atoms with Crippen molar-refractivity contribution < 1.29 is 0 Å². The molecule has 0 spiro atoms. The van der Waals surface area contributed by atoms with Gasteiger partial charge in [0.1, 0.15) is 0 Å². The molecule has 0 radical (unpaired) electrons. The predicted octanol–water partition coefficient (Wildman–Crippen LogP) is 5.53. The molecule has 0 unspecified atom stereocenters. The summed E-state index contributed by atoms with van der Waals surface area (Å²) in [7, 11) is 0. The van der Waals surface area contributed by atoms with Crippen LogP contribution in [0.25, 0.3) is 33.6 Å². The van der Waals surface area contributed by atoms with Crippen LogP contribution in [0, 0.1) is 0 Å². The summed E-state index contributed by atoms with van der Waals surface area (Å²) < 4.78 is 0. The standard InChI is InChI=1S/C21H14ClN3/c22-21-24-19(13-20(25-21)18-7-4-12-23-14-18)17-10-8-16(9-11-17)15-5-2-1-3-6-15/h1-14H. The average Bonchev–Trinajstić information content (AvgIpc) is 2.69. The minimum absolute atomic E-state index is 0.225. The first-order chi connectivity index (χ1) is 12.3. The molecular formula is C21H14ClN3. The molecular weight excluding hydrogens is 330 g/mol. The Kier molecular flexibility index (Phi) is 4.23. The first kappa shape index (κ1) is 15.5. The second-order valence-corrected chi connectivity index (χ2v) is 5.93. The van der Waals surface area contributed by atoms with Gasteiger partial charge in [0.2, 0.25) is 5.28 Å². The summed E-state index contributed by atoms with van der Waals surface area (Å²) in [5.74, 6) is 0. The molecule has 0 bridgehead atoms. The van der Waals surface area contributed by atoms with Crippen LogP contribution >= 0.6 is 11.6 Å². The molecule has 0 N–H and O–H groups in total. The molecule has 0 saturated carbocycles. The highest BCUT2D eigenvalue weighted by atomic mass is 35.5. The van der Waals surface area contributed by atoms with Crippen LogP contribution in [0.5, 0.6) is 0 Å². The number of nitrogens with zero attached hydrogens (tertiary/aromatic N) is 3. The van der Waals surface area contributed by atoms with Crippen molar-refractivity contribution >= 4 is 11.6 Å².